The molecule has 114 valence electrons. The van der Waals surface area contributed by atoms with E-state index in [0.717, 1.165) is 0 Å². The molecule has 0 amide bonds. The van der Waals surface area contributed by atoms with Crippen molar-refractivity contribution >= 4 is 23.2 Å². The highest BCUT2D eigenvalue weighted by molar-refractivity contribution is 6.36. The molecule has 1 aromatic carbocycles. The third-order valence-corrected chi connectivity index (χ3v) is 3.37. The van der Waals surface area contributed by atoms with Crippen molar-refractivity contribution in [2.45, 2.75) is 6.54 Å². The molecule has 1 aromatic heterocycles. The normalized spacial score (nSPS) is 11.3. The van der Waals surface area contributed by atoms with Crippen molar-refractivity contribution in [1.82, 2.24) is 15.1 Å². The van der Waals surface area contributed by atoms with E-state index >= 15 is 0 Å². The number of hydrogen-bond acceptors (Lipinski definition) is 6. The van der Waals surface area contributed by atoms with Gasteiger partial charge in [0.15, 0.2) is 0 Å². The van der Waals surface area contributed by atoms with E-state index in [1.807, 2.05) is 0 Å². The van der Waals surface area contributed by atoms with Crippen LogP contribution in [0.4, 0.5) is 0 Å². The molecule has 0 spiro atoms. The lowest BCUT2D eigenvalue weighted by atomic mass is 10.2. The highest BCUT2D eigenvalue weighted by Crippen LogP contribution is 2.29. The zero-order valence-electron chi connectivity index (χ0n) is 11.2. The quantitative estimate of drug-likeness (QED) is 0.805. The topological polar surface area (TPSA) is 82.6 Å². The van der Waals surface area contributed by atoms with Crippen molar-refractivity contribution in [1.29, 1.82) is 0 Å². The van der Waals surface area contributed by atoms with Gasteiger partial charge in [0.2, 0.25) is 11.8 Å². The molecule has 8 heteroatoms. The number of rotatable bonds is 7. The first-order valence-corrected chi connectivity index (χ1v) is 7.11. The summed E-state index contributed by atoms with van der Waals surface area (Å²) in [6.45, 7) is 1.16. The highest BCUT2D eigenvalue weighted by Gasteiger charge is 2.14. The van der Waals surface area contributed by atoms with E-state index < -0.39 is 0 Å². The van der Waals surface area contributed by atoms with Gasteiger partial charge in [-0.2, -0.15) is 0 Å². The number of aliphatic hydroxyl groups excluding tert-OH is 2. The summed E-state index contributed by atoms with van der Waals surface area (Å²) in [7, 11) is 0. The standard InChI is InChI=1S/C13H15Cl2N3O3/c14-9-1-2-10(11(15)7-9)13-17-16-12(21-13)8-18(3-5-19)4-6-20/h1-2,7,19-20H,3-6,8H2. The molecule has 0 unspecified atom stereocenters. The first kappa shape index (κ1) is 16.2. The Bertz CT molecular complexity index is 586. The van der Waals surface area contributed by atoms with Gasteiger partial charge in [0.25, 0.3) is 0 Å². The Balaban J connectivity index is 2.13. The maximum atomic E-state index is 8.97. The maximum absolute atomic E-state index is 8.97. The molecule has 0 bridgehead atoms. The van der Waals surface area contributed by atoms with Gasteiger partial charge in [-0.1, -0.05) is 23.2 Å². The zero-order valence-corrected chi connectivity index (χ0v) is 12.7. The van der Waals surface area contributed by atoms with Crippen molar-refractivity contribution in [3.8, 4) is 11.5 Å². The fourth-order valence-corrected chi connectivity index (χ4v) is 2.32. The van der Waals surface area contributed by atoms with Crippen molar-refractivity contribution < 1.29 is 14.6 Å². The summed E-state index contributed by atoms with van der Waals surface area (Å²) in [5, 5.41) is 26.8. The van der Waals surface area contributed by atoms with Gasteiger partial charge in [-0.15, -0.1) is 10.2 Å². The van der Waals surface area contributed by atoms with Crippen molar-refractivity contribution in [2.75, 3.05) is 26.3 Å². The van der Waals surface area contributed by atoms with Gasteiger partial charge >= 0.3 is 0 Å². The summed E-state index contributed by atoms with van der Waals surface area (Å²) in [6.07, 6.45) is 0. The van der Waals surface area contributed by atoms with Gasteiger partial charge in [-0.05, 0) is 18.2 Å². The molecule has 0 aliphatic heterocycles. The predicted octanol–water partition coefficient (Wildman–Crippen LogP) is 1.83. The first-order chi connectivity index (χ1) is 10.1. The van der Waals surface area contributed by atoms with E-state index in [1.54, 1.807) is 23.1 Å². The molecule has 2 aromatic rings. The van der Waals surface area contributed by atoms with Crippen LogP contribution in [0, 0.1) is 0 Å². The minimum atomic E-state index is -0.00991. The second kappa shape index (κ2) is 7.72. The summed E-state index contributed by atoms with van der Waals surface area (Å²) in [6, 6.07) is 5.00. The summed E-state index contributed by atoms with van der Waals surface area (Å²) >= 11 is 11.9. The first-order valence-electron chi connectivity index (χ1n) is 6.36. The van der Waals surface area contributed by atoms with E-state index in [1.165, 1.54) is 0 Å². The number of hydrogen-bond donors (Lipinski definition) is 2. The van der Waals surface area contributed by atoms with Crippen LogP contribution < -0.4 is 0 Å². The molecule has 1 heterocycles. The number of halogens is 2. The molecular formula is C13H15Cl2N3O3. The largest absolute Gasteiger partial charge is 0.419 e. The zero-order chi connectivity index (χ0) is 15.2. The average Bonchev–Trinajstić information content (AvgIpc) is 2.87. The lowest BCUT2D eigenvalue weighted by molar-refractivity contribution is 0.147. The molecule has 0 aliphatic rings. The highest BCUT2D eigenvalue weighted by atomic mass is 35.5. The second-order valence-corrected chi connectivity index (χ2v) is 5.19. The van der Waals surface area contributed by atoms with Crippen LogP contribution in [0.2, 0.25) is 10.0 Å². The molecular weight excluding hydrogens is 317 g/mol. The monoisotopic (exact) mass is 331 g/mol. The maximum Gasteiger partial charge on any atom is 0.249 e. The third kappa shape index (κ3) is 4.39. The van der Waals surface area contributed by atoms with Crippen LogP contribution in [0.25, 0.3) is 11.5 Å². The number of nitrogens with zero attached hydrogens (tertiary/aromatic N) is 3. The van der Waals surface area contributed by atoms with Crippen LogP contribution >= 0.6 is 23.2 Å². The van der Waals surface area contributed by atoms with Crippen LogP contribution in [0.3, 0.4) is 0 Å². The predicted molar refractivity (Wildman–Crippen MR) is 79.2 cm³/mol. The van der Waals surface area contributed by atoms with E-state index in [-0.39, 0.29) is 13.2 Å². The van der Waals surface area contributed by atoms with Gasteiger partial charge in [0, 0.05) is 18.1 Å². The van der Waals surface area contributed by atoms with Gasteiger partial charge in [0.05, 0.1) is 30.3 Å². The fraction of sp³-hybridized carbons (Fsp3) is 0.385. The summed E-state index contributed by atoms with van der Waals surface area (Å²) in [4.78, 5) is 1.81. The molecule has 0 saturated heterocycles. The molecule has 21 heavy (non-hydrogen) atoms. The van der Waals surface area contributed by atoms with Crippen molar-refractivity contribution in [3.05, 3.63) is 34.1 Å². The van der Waals surface area contributed by atoms with E-state index in [0.29, 0.717) is 47.0 Å². The molecule has 0 radical (unpaired) electrons. The van der Waals surface area contributed by atoms with Crippen LogP contribution in [-0.4, -0.2) is 51.6 Å². The summed E-state index contributed by atoms with van der Waals surface area (Å²) < 4.78 is 5.56. The average molecular weight is 332 g/mol. The van der Waals surface area contributed by atoms with Gasteiger partial charge in [0.1, 0.15) is 0 Å². The molecule has 0 fully saturated rings. The Labute approximate surface area is 131 Å². The van der Waals surface area contributed by atoms with Crippen LogP contribution in [-0.2, 0) is 6.54 Å². The van der Waals surface area contributed by atoms with Crippen LogP contribution in [0.1, 0.15) is 5.89 Å². The molecule has 2 N–H and O–H groups in total. The van der Waals surface area contributed by atoms with Crippen molar-refractivity contribution in [3.63, 3.8) is 0 Å². The molecule has 0 aliphatic carbocycles. The molecule has 0 saturated carbocycles. The number of aromatic nitrogens is 2. The lowest BCUT2D eigenvalue weighted by Gasteiger charge is -2.17. The summed E-state index contributed by atoms with van der Waals surface area (Å²) in [5.74, 6) is 0.692. The van der Waals surface area contributed by atoms with E-state index in [2.05, 4.69) is 10.2 Å². The molecule has 2 rings (SSSR count). The minimum absolute atomic E-state index is 0.00991. The van der Waals surface area contributed by atoms with Crippen LogP contribution in [0.15, 0.2) is 22.6 Å². The number of aliphatic hydroxyl groups is 2. The Morgan fingerprint density at radius 2 is 1.81 bits per heavy atom. The molecule has 0 atom stereocenters. The van der Waals surface area contributed by atoms with Crippen LogP contribution in [0.5, 0.6) is 0 Å². The lowest BCUT2D eigenvalue weighted by Crippen LogP contribution is -2.29. The third-order valence-electron chi connectivity index (χ3n) is 2.82. The Hall–Kier alpha value is -1.18. The smallest absolute Gasteiger partial charge is 0.249 e. The molecule has 6 nitrogen and oxygen atoms in total. The van der Waals surface area contributed by atoms with E-state index in [4.69, 9.17) is 37.8 Å². The van der Waals surface area contributed by atoms with Gasteiger partial charge in [-0.25, -0.2) is 0 Å². The number of benzene rings is 1. The minimum Gasteiger partial charge on any atom is -0.419 e. The van der Waals surface area contributed by atoms with Crippen molar-refractivity contribution in [2.24, 2.45) is 0 Å². The van der Waals surface area contributed by atoms with Gasteiger partial charge < -0.3 is 14.6 Å². The van der Waals surface area contributed by atoms with Gasteiger partial charge in [-0.3, -0.25) is 4.90 Å². The Kier molecular flexibility index (Phi) is 5.96. The fourth-order valence-electron chi connectivity index (χ4n) is 1.83. The summed E-state index contributed by atoms with van der Waals surface area (Å²) in [5.41, 5.74) is 0.607. The Morgan fingerprint density at radius 1 is 1.10 bits per heavy atom. The Morgan fingerprint density at radius 3 is 2.43 bits per heavy atom. The second-order valence-electron chi connectivity index (χ2n) is 4.35. The SMILES string of the molecule is OCCN(CCO)Cc1nnc(-c2ccc(Cl)cc2Cl)o1. The van der Waals surface area contributed by atoms with E-state index in [9.17, 15) is 0 Å².